The maximum absolute atomic E-state index is 12.0. The van der Waals surface area contributed by atoms with Gasteiger partial charge in [-0.3, -0.25) is 4.79 Å². The summed E-state index contributed by atoms with van der Waals surface area (Å²) in [5.41, 5.74) is 1.06. The van der Waals surface area contributed by atoms with Crippen LogP contribution in [0.2, 0.25) is 0 Å². The molecule has 18 heavy (non-hydrogen) atoms. The number of rotatable bonds is 4. The Kier molecular flexibility index (Phi) is 3.87. The molecule has 0 aromatic heterocycles. The molecule has 0 bridgehead atoms. The van der Waals surface area contributed by atoms with Gasteiger partial charge in [0.2, 0.25) is 0 Å². The molecule has 0 radical (unpaired) electrons. The summed E-state index contributed by atoms with van der Waals surface area (Å²) in [6.07, 6.45) is 0.119. The van der Waals surface area contributed by atoms with Crippen LogP contribution in [0.4, 0.5) is 0 Å². The number of para-hydroxylation sites is 1. The number of benzene rings is 1. The van der Waals surface area contributed by atoms with E-state index in [1.165, 1.54) is 0 Å². The quantitative estimate of drug-likeness (QED) is 0.840. The number of amides is 1. The van der Waals surface area contributed by atoms with Crippen molar-refractivity contribution in [2.24, 2.45) is 5.92 Å². The third-order valence-corrected chi connectivity index (χ3v) is 3.27. The van der Waals surface area contributed by atoms with Gasteiger partial charge in [0, 0.05) is 6.42 Å². The Hall–Kier alpha value is -1.55. The first kappa shape index (κ1) is 12.9. The van der Waals surface area contributed by atoms with Crippen molar-refractivity contribution >= 4 is 5.91 Å². The number of carbonyl (C=O) groups is 1. The Balaban J connectivity index is 1.97. The predicted octanol–water partition coefficient (Wildman–Crippen LogP) is 1.12. The van der Waals surface area contributed by atoms with Crippen molar-refractivity contribution in [3.05, 3.63) is 29.8 Å². The Labute approximate surface area is 107 Å². The third kappa shape index (κ3) is 2.64. The van der Waals surface area contributed by atoms with Crippen LogP contribution in [-0.4, -0.2) is 29.8 Å². The Morgan fingerprint density at radius 2 is 2.22 bits per heavy atom. The molecule has 1 aliphatic rings. The van der Waals surface area contributed by atoms with E-state index in [4.69, 9.17) is 4.74 Å². The summed E-state index contributed by atoms with van der Waals surface area (Å²) in [6, 6.07) is 7.45. The molecule has 0 spiro atoms. The van der Waals surface area contributed by atoms with Gasteiger partial charge in [-0.05, 0) is 17.5 Å². The van der Waals surface area contributed by atoms with Gasteiger partial charge in [-0.2, -0.15) is 0 Å². The fraction of sp³-hybridized carbons (Fsp3) is 0.500. The predicted molar refractivity (Wildman–Crippen MR) is 68.4 cm³/mol. The monoisotopic (exact) mass is 249 g/mol. The van der Waals surface area contributed by atoms with E-state index in [1.54, 1.807) is 0 Å². The van der Waals surface area contributed by atoms with Crippen LogP contribution in [0, 0.1) is 5.92 Å². The van der Waals surface area contributed by atoms with E-state index in [9.17, 15) is 9.90 Å². The van der Waals surface area contributed by atoms with Crippen molar-refractivity contribution in [2.45, 2.75) is 32.4 Å². The average molecular weight is 249 g/mol. The second-order valence-corrected chi connectivity index (χ2v) is 4.96. The van der Waals surface area contributed by atoms with E-state index in [1.807, 2.05) is 38.1 Å². The summed E-state index contributed by atoms with van der Waals surface area (Å²) in [4.78, 5) is 12.0. The van der Waals surface area contributed by atoms with E-state index in [0.717, 1.165) is 11.3 Å². The first-order valence-electron chi connectivity index (χ1n) is 6.27. The summed E-state index contributed by atoms with van der Waals surface area (Å²) in [5.74, 6) is 0.824. The molecule has 1 unspecified atom stereocenters. The Bertz CT molecular complexity index is 406. The number of aliphatic hydroxyl groups excluding tert-OH is 1. The lowest BCUT2D eigenvalue weighted by molar-refractivity contribution is -0.128. The van der Waals surface area contributed by atoms with E-state index >= 15 is 0 Å². The van der Waals surface area contributed by atoms with Gasteiger partial charge in [-0.1, -0.05) is 32.0 Å². The summed E-state index contributed by atoms with van der Waals surface area (Å²) in [7, 11) is 0. The highest BCUT2D eigenvalue weighted by atomic mass is 16.5. The molecule has 0 saturated carbocycles. The highest BCUT2D eigenvalue weighted by Gasteiger charge is 2.30. The van der Waals surface area contributed by atoms with E-state index in [-0.39, 0.29) is 24.5 Å². The van der Waals surface area contributed by atoms with Gasteiger partial charge < -0.3 is 15.2 Å². The molecular formula is C14H19NO3. The molecule has 2 atom stereocenters. The maximum atomic E-state index is 12.0. The van der Waals surface area contributed by atoms with Crippen molar-refractivity contribution in [1.82, 2.24) is 5.32 Å². The molecule has 0 saturated heterocycles. The first-order valence-corrected chi connectivity index (χ1v) is 6.27. The summed E-state index contributed by atoms with van der Waals surface area (Å²) in [6.45, 7) is 3.87. The molecule has 4 nitrogen and oxygen atoms in total. The number of aliphatic hydroxyl groups is 1. The summed E-state index contributed by atoms with van der Waals surface area (Å²) < 4.78 is 5.60. The topological polar surface area (TPSA) is 58.6 Å². The minimum Gasteiger partial charge on any atom is -0.480 e. The molecular weight excluding hydrogens is 230 g/mol. The normalized spacial score (nSPS) is 19.2. The molecule has 0 fully saturated rings. The summed E-state index contributed by atoms with van der Waals surface area (Å²) >= 11 is 0. The summed E-state index contributed by atoms with van der Waals surface area (Å²) in [5, 5.41) is 12.0. The van der Waals surface area contributed by atoms with Crippen molar-refractivity contribution in [3.8, 4) is 5.75 Å². The number of carbonyl (C=O) groups excluding carboxylic acids is 1. The maximum Gasteiger partial charge on any atom is 0.261 e. The Morgan fingerprint density at radius 1 is 1.50 bits per heavy atom. The highest BCUT2D eigenvalue weighted by Crippen LogP contribution is 2.28. The van der Waals surface area contributed by atoms with Crippen LogP contribution in [0.25, 0.3) is 0 Å². The van der Waals surface area contributed by atoms with Crippen molar-refractivity contribution < 1.29 is 14.6 Å². The standard InChI is InChI=1S/C14H19NO3/c1-9(2)11(8-16)15-14(17)13-7-10-5-3-4-6-12(10)18-13/h3-6,9,11,13,16H,7-8H2,1-2H3,(H,15,17)/t11-,13?/m1/s1. The fourth-order valence-corrected chi connectivity index (χ4v) is 2.03. The van der Waals surface area contributed by atoms with Gasteiger partial charge in [0.15, 0.2) is 6.10 Å². The van der Waals surface area contributed by atoms with Gasteiger partial charge in [-0.15, -0.1) is 0 Å². The van der Waals surface area contributed by atoms with Gasteiger partial charge in [0.05, 0.1) is 12.6 Å². The molecule has 4 heteroatoms. The minimum atomic E-state index is -0.477. The molecule has 1 aliphatic heterocycles. The second-order valence-electron chi connectivity index (χ2n) is 4.96. The van der Waals surface area contributed by atoms with Gasteiger partial charge in [0.1, 0.15) is 5.75 Å². The molecule has 1 heterocycles. The second kappa shape index (κ2) is 5.40. The van der Waals surface area contributed by atoms with Crippen LogP contribution in [0.15, 0.2) is 24.3 Å². The molecule has 2 rings (SSSR count). The zero-order valence-corrected chi connectivity index (χ0v) is 10.7. The molecule has 1 amide bonds. The van der Waals surface area contributed by atoms with Crippen LogP contribution in [0.1, 0.15) is 19.4 Å². The number of ether oxygens (including phenoxy) is 1. The molecule has 0 aliphatic carbocycles. The van der Waals surface area contributed by atoms with Crippen LogP contribution < -0.4 is 10.1 Å². The highest BCUT2D eigenvalue weighted by molar-refractivity contribution is 5.82. The Morgan fingerprint density at radius 3 is 2.83 bits per heavy atom. The molecule has 1 aromatic rings. The number of nitrogens with one attached hydrogen (secondary N) is 1. The lowest BCUT2D eigenvalue weighted by Crippen LogP contribution is -2.47. The minimum absolute atomic E-state index is 0.0525. The number of hydrogen-bond donors (Lipinski definition) is 2. The number of fused-ring (bicyclic) bond motifs is 1. The largest absolute Gasteiger partial charge is 0.480 e. The van der Waals surface area contributed by atoms with Crippen LogP contribution in [-0.2, 0) is 11.2 Å². The molecule has 2 N–H and O–H groups in total. The van der Waals surface area contributed by atoms with Gasteiger partial charge in [0.25, 0.3) is 5.91 Å². The van der Waals surface area contributed by atoms with Crippen molar-refractivity contribution in [3.63, 3.8) is 0 Å². The zero-order valence-electron chi connectivity index (χ0n) is 10.7. The van der Waals surface area contributed by atoms with Crippen LogP contribution in [0.3, 0.4) is 0 Å². The lowest BCUT2D eigenvalue weighted by Gasteiger charge is -2.21. The average Bonchev–Trinajstić information content (AvgIpc) is 2.79. The van der Waals surface area contributed by atoms with Gasteiger partial charge >= 0.3 is 0 Å². The first-order chi connectivity index (χ1) is 8.61. The van der Waals surface area contributed by atoms with Gasteiger partial charge in [-0.25, -0.2) is 0 Å². The van der Waals surface area contributed by atoms with E-state index < -0.39 is 6.10 Å². The number of hydrogen-bond acceptors (Lipinski definition) is 3. The molecule has 1 aromatic carbocycles. The lowest BCUT2D eigenvalue weighted by atomic mass is 10.0. The zero-order chi connectivity index (χ0) is 13.1. The smallest absolute Gasteiger partial charge is 0.261 e. The van der Waals surface area contributed by atoms with E-state index in [0.29, 0.717) is 6.42 Å². The van der Waals surface area contributed by atoms with E-state index in [2.05, 4.69) is 5.32 Å². The third-order valence-electron chi connectivity index (χ3n) is 3.27. The van der Waals surface area contributed by atoms with Crippen LogP contribution >= 0.6 is 0 Å². The van der Waals surface area contributed by atoms with Crippen molar-refractivity contribution in [2.75, 3.05) is 6.61 Å². The van der Waals surface area contributed by atoms with Crippen LogP contribution in [0.5, 0.6) is 5.75 Å². The van der Waals surface area contributed by atoms with Crippen molar-refractivity contribution in [1.29, 1.82) is 0 Å². The molecule has 98 valence electrons. The fourth-order valence-electron chi connectivity index (χ4n) is 2.03. The SMILES string of the molecule is CC(C)[C@@H](CO)NC(=O)C1Cc2ccccc2O1.